The summed E-state index contributed by atoms with van der Waals surface area (Å²) in [7, 11) is 0. The van der Waals surface area contributed by atoms with E-state index in [1.165, 1.54) is 5.69 Å². The Hall–Kier alpha value is -1.59. The molecule has 0 bridgehead atoms. The molecule has 5 nitrogen and oxygen atoms in total. The number of rotatable bonds is 3. The summed E-state index contributed by atoms with van der Waals surface area (Å²) < 4.78 is 5.34. The average molecular weight is 289 g/mol. The Morgan fingerprint density at radius 2 is 2.00 bits per heavy atom. The van der Waals surface area contributed by atoms with Crippen LogP contribution in [0.15, 0.2) is 30.3 Å². The standard InChI is InChI=1S/C16H23N3O2/c20-16(15-12-21-11-8-17-15)18-13-6-9-19(10-7-13)14-4-2-1-3-5-14/h1-5,13,15,17H,6-12H2,(H,18,20). The summed E-state index contributed by atoms with van der Waals surface area (Å²) in [6.07, 6.45) is 1.99. The monoisotopic (exact) mass is 289 g/mol. The highest BCUT2D eigenvalue weighted by Gasteiger charge is 2.26. The van der Waals surface area contributed by atoms with Crippen molar-refractivity contribution in [3.05, 3.63) is 30.3 Å². The molecule has 1 amide bonds. The molecule has 1 atom stereocenters. The summed E-state index contributed by atoms with van der Waals surface area (Å²) >= 11 is 0. The van der Waals surface area contributed by atoms with Crippen molar-refractivity contribution in [1.29, 1.82) is 0 Å². The number of hydrogen-bond acceptors (Lipinski definition) is 4. The number of nitrogens with one attached hydrogen (secondary N) is 2. The Labute approximate surface area is 125 Å². The molecule has 0 aliphatic carbocycles. The van der Waals surface area contributed by atoms with Gasteiger partial charge in [0.1, 0.15) is 6.04 Å². The van der Waals surface area contributed by atoms with Gasteiger partial charge in [0.05, 0.1) is 13.2 Å². The Kier molecular flexibility index (Phi) is 4.72. The van der Waals surface area contributed by atoms with Gasteiger partial charge in [0.2, 0.25) is 5.91 Å². The molecule has 21 heavy (non-hydrogen) atoms. The number of nitrogens with zero attached hydrogens (tertiary/aromatic N) is 1. The quantitative estimate of drug-likeness (QED) is 0.862. The molecule has 1 unspecified atom stereocenters. The highest BCUT2D eigenvalue weighted by molar-refractivity contribution is 5.82. The zero-order valence-corrected chi connectivity index (χ0v) is 12.3. The van der Waals surface area contributed by atoms with Gasteiger partial charge in [-0.3, -0.25) is 4.79 Å². The largest absolute Gasteiger partial charge is 0.378 e. The Bertz CT molecular complexity index is 452. The van der Waals surface area contributed by atoms with E-state index in [-0.39, 0.29) is 18.0 Å². The number of hydrogen-bond donors (Lipinski definition) is 2. The van der Waals surface area contributed by atoms with Crippen LogP contribution in [0.4, 0.5) is 5.69 Å². The normalized spacial score (nSPS) is 23.8. The van der Waals surface area contributed by atoms with Crippen LogP contribution in [0.1, 0.15) is 12.8 Å². The summed E-state index contributed by atoms with van der Waals surface area (Å²) in [4.78, 5) is 14.5. The summed E-state index contributed by atoms with van der Waals surface area (Å²) in [5.41, 5.74) is 1.27. The van der Waals surface area contributed by atoms with Crippen molar-refractivity contribution in [1.82, 2.24) is 10.6 Å². The first-order valence-electron chi connectivity index (χ1n) is 7.74. The molecule has 0 spiro atoms. The van der Waals surface area contributed by atoms with Gasteiger partial charge in [-0.05, 0) is 25.0 Å². The summed E-state index contributed by atoms with van der Waals surface area (Å²) in [5, 5.41) is 6.35. The third kappa shape index (κ3) is 3.74. The van der Waals surface area contributed by atoms with Gasteiger partial charge in [0.15, 0.2) is 0 Å². The fourth-order valence-electron chi connectivity index (χ4n) is 2.96. The van der Waals surface area contributed by atoms with E-state index < -0.39 is 0 Å². The van der Waals surface area contributed by atoms with Crippen LogP contribution >= 0.6 is 0 Å². The molecule has 0 radical (unpaired) electrons. The van der Waals surface area contributed by atoms with E-state index in [0.29, 0.717) is 13.2 Å². The lowest BCUT2D eigenvalue weighted by Crippen LogP contribution is -2.54. The van der Waals surface area contributed by atoms with Crippen LogP contribution in [-0.2, 0) is 9.53 Å². The maximum Gasteiger partial charge on any atom is 0.239 e. The van der Waals surface area contributed by atoms with Gasteiger partial charge < -0.3 is 20.3 Å². The first-order chi connectivity index (χ1) is 10.3. The van der Waals surface area contributed by atoms with Crippen LogP contribution in [0.3, 0.4) is 0 Å². The van der Waals surface area contributed by atoms with Gasteiger partial charge in [0.25, 0.3) is 0 Å². The van der Waals surface area contributed by atoms with Gasteiger partial charge in [-0.1, -0.05) is 18.2 Å². The molecule has 2 aliphatic rings. The maximum absolute atomic E-state index is 12.2. The number of anilines is 1. The Balaban J connectivity index is 1.46. The molecular formula is C16H23N3O2. The molecule has 0 saturated carbocycles. The molecular weight excluding hydrogens is 266 g/mol. The van der Waals surface area contributed by atoms with E-state index in [4.69, 9.17) is 4.74 Å². The molecule has 2 aliphatic heterocycles. The second-order valence-electron chi connectivity index (χ2n) is 5.69. The molecule has 2 heterocycles. The highest BCUT2D eigenvalue weighted by atomic mass is 16.5. The van der Waals surface area contributed by atoms with Crippen molar-refractivity contribution >= 4 is 11.6 Å². The van der Waals surface area contributed by atoms with Crippen LogP contribution in [0.5, 0.6) is 0 Å². The molecule has 1 aromatic rings. The van der Waals surface area contributed by atoms with Crippen molar-refractivity contribution in [2.45, 2.75) is 24.9 Å². The van der Waals surface area contributed by atoms with Gasteiger partial charge in [-0.2, -0.15) is 0 Å². The minimum atomic E-state index is -0.189. The van der Waals surface area contributed by atoms with Crippen LogP contribution in [0.25, 0.3) is 0 Å². The summed E-state index contributed by atoms with van der Waals surface area (Å²) in [6.45, 7) is 3.91. The Morgan fingerprint density at radius 3 is 2.67 bits per heavy atom. The molecule has 0 aromatic heterocycles. The molecule has 2 saturated heterocycles. The molecule has 2 fully saturated rings. The number of carbonyl (C=O) groups is 1. The van der Waals surface area contributed by atoms with E-state index in [2.05, 4.69) is 39.8 Å². The average Bonchev–Trinajstić information content (AvgIpc) is 2.57. The lowest BCUT2D eigenvalue weighted by atomic mass is 10.0. The fraction of sp³-hybridized carbons (Fsp3) is 0.562. The second kappa shape index (κ2) is 6.91. The van der Waals surface area contributed by atoms with Crippen LogP contribution < -0.4 is 15.5 Å². The number of carbonyl (C=O) groups excluding carboxylic acids is 1. The molecule has 1 aromatic carbocycles. The van der Waals surface area contributed by atoms with E-state index in [9.17, 15) is 4.79 Å². The van der Waals surface area contributed by atoms with E-state index >= 15 is 0 Å². The smallest absolute Gasteiger partial charge is 0.239 e. The molecule has 114 valence electrons. The number of morpholine rings is 1. The zero-order valence-electron chi connectivity index (χ0n) is 12.3. The van der Waals surface area contributed by atoms with Crippen molar-refractivity contribution in [2.24, 2.45) is 0 Å². The van der Waals surface area contributed by atoms with Gasteiger partial charge in [-0.15, -0.1) is 0 Å². The number of benzene rings is 1. The summed E-state index contributed by atoms with van der Waals surface area (Å²) in [5.74, 6) is 0.0767. The molecule has 2 N–H and O–H groups in total. The van der Waals surface area contributed by atoms with Crippen LogP contribution in [-0.4, -0.2) is 50.8 Å². The van der Waals surface area contributed by atoms with E-state index in [0.717, 1.165) is 32.5 Å². The van der Waals surface area contributed by atoms with Crippen molar-refractivity contribution < 1.29 is 9.53 Å². The number of para-hydroxylation sites is 1. The third-order valence-corrected chi connectivity index (χ3v) is 4.20. The maximum atomic E-state index is 12.2. The lowest BCUT2D eigenvalue weighted by Gasteiger charge is -2.35. The molecule has 3 rings (SSSR count). The first kappa shape index (κ1) is 14.4. The lowest BCUT2D eigenvalue weighted by molar-refractivity contribution is -0.126. The zero-order chi connectivity index (χ0) is 14.5. The van der Waals surface area contributed by atoms with Crippen molar-refractivity contribution in [3.63, 3.8) is 0 Å². The number of amides is 1. The minimum absolute atomic E-state index is 0.0767. The van der Waals surface area contributed by atoms with Gasteiger partial charge in [0, 0.05) is 31.4 Å². The van der Waals surface area contributed by atoms with E-state index in [1.807, 2.05) is 6.07 Å². The third-order valence-electron chi connectivity index (χ3n) is 4.20. The number of ether oxygens (including phenoxy) is 1. The SMILES string of the molecule is O=C(NC1CCN(c2ccccc2)CC1)C1COCCN1. The minimum Gasteiger partial charge on any atom is -0.378 e. The second-order valence-corrected chi connectivity index (χ2v) is 5.69. The predicted molar refractivity (Wildman–Crippen MR) is 82.4 cm³/mol. The van der Waals surface area contributed by atoms with Crippen molar-refractivity contribution in [2.75, 3.05) is 37.7 Å². The Morgan fingerprint density at radius 1 is 1.24 bits per heavy atom. The van der Waals surface area contributed by atoms with E-state index in [1.54, 1.807) is 0 Å². The molecule has 5 heteroatoms. The van der Waals surface area contributed by atoms with Gasteiger partial charge in [-0.25, -0.2) is 0 Å². The highest BCUT2D eigenvalue weighted by Crippen LogP contribution is 2.19. The topological polar surface area (TPSA) is 53.6 Å². The van der Waals surface area contributed by atoms with Crippen LogP contribution in [0.2, 0.25) is 0 Å². The predicted octanol–water partition coefficient (Wildman–Crippen LogP) is 0.760. The summed E-state index contributed by atoms with van der Waals surface area (Å²) in [6, 6.07) is 10.5. The van der Waals surface area contributed by atoms with Crippen molar-refractivity contribution in [3.8, 4) is 0 Å². The van der Waals surface area contributed by atoms with Crippen LogP contribution in [0, 0.1) is 0 Å². The first-order valence-corrected chi connectivity index (χ1v) is 7.74. The van der Waals surface area contributed by atoms with Gasteiger partial charge >= 0.3 is 0 Å². The number of piperidine rings is 1. The fourth-order valence-corrected chi connectivity index (χ4v) is 2.96.